The van der Waals surface area contributed by atoms with E-state index in [9.17, 15) is 12.9 Å². The minimum atomic E-state index is -5.04. The summed E-state index contributed by atoms with van der Waals surface area (Å²) in [6.07, 6.45) is 0.240. The van der Waals surface area contributed by atoms with Gasteiger partial charge >= 0.3 is 58.4 Å². The second kappa shape index (κ2) is 8.60. The monoisotopic (exact) mass is 286 g/mol. The first kappa shape index (κ1) is 18.5. The zero-order valence-corrected chi connectivity index (χ0v) is 14.0. The van der Waals surface area contributed by atoms with Crippen LogP contribution in [-0.4, -0.2) is 26.8 Å². The van der Waals surface area contributed by atoms with Gasteiger partial charge in [0.2, 0.25) is 0 Å². The number of rotatable bonds is 6. The van der Waals surface area contributed by atoms with Crippen molar-refractivity contribution in [2.45, 2.75) is 19.4 Å². The molecule has 1 unspecified atom stereocenters. The molecule has 0 bridgehead atoms. The standard InChI is InChI=1S/C11H15BF3O2.K/c1-9(7-8-16-2)17-11-6-4-3-5-10(11)12(13,14)15;/h3-6,9H,7-8H2,1-2H3;/q-1;+1. The van der Waals surface area contributed by atoms with E-state index in [2.05, 4.69) is 0 Å². The molecule has 0 aliphatic rings. The molecule has 2 nitrogen and oxygen atoms in total. The van der Waals surface area contributed by atoms with Crippen molar-refractivity contribution in [2.75, 3.05) is 13.7 Å². The quantitative estimate of drug-likeness (QED) is 0.660. The summed E-state index contributed by atoms with van der Waals surface area (Å²) in [5.41, 5.74) is -0.684. The van der Waals surface area contributed by atoms with Gasteiger partial charge in [0.25, 0.3) is 0 Å². The summed E-state index contributed by atoms with van der Waals surface area (Å²) in [7, 11) is 1.54. The number of ether oxygens (including phenoxy) is 2. The molecule has 0 fully saturated rings. The molecule has 7 heteroatoms. The summed E-state index contributed by atoms with van der Waals surface area (Å²) in [6.45, 7) is -2.86. The van der Waals surface area contributed by atoms with Gasteiger partial charge in [-0.25, -0.2) is 0 Å². The molecule has 18 heavy (non-hydrogen) atoms. The van der Waals surface area contributed by atoms with Gasteiger partial charge < -0.3 is 22.4 Å². The molecule has 0 radical (unpaired) electrons. The molecule has 1 rings (SSSR count). The zero-order chi connectivity index (χ0) is 12.9. The number of para-hydroxylation sites is 1. The van der Waals surface area contributed by atoms with E-state index in [1.807, 2.05) is 0 Å². The fraction of sp³-hybridized carbons (Fsp3) is 0.455. The van der Waals surface area contributed by atoms with E-state index in [0.717, 1.165) is 6.07 Å². The van der Waals surface area contributed by atoms with Crippen molar-refractivity contribution in [3.05, 3.63) is 24.3 Å². The molecular weight excluding hydrogens is 271 g/mol. The van der Waals surface area contributed by atoms with Crippen molar-refractivity contribution in [1.29, 1.82) is 0 Å². The Bertz CT molecular complexity index is 360. The average Bonchev–Trinajstić information content (AvgIpc) is 2.25. The van der Waals surface area contributed by atoms with Crippen molar-refractivity contribution >= 4 is 12.4 Å². The van der Waals surface area contributed by atoms with Crippen LogP contribution in [0, 0.1) is 0 Å². The first-order valence-electron chi connectivity index (χ1n) is 5.39. The number of hydrogen-bond acceptors (Lipinski definition) is 2. The molecule has 1 atom stereocenters. The molecule has 0 heterocycles. The molecule has 0 saturated heterocycles. The zero-order valence-electron chi connectivity index (χ0n) is 10.8. The molecular formula is C11H15BF3KO2. The van der Waals surface area contributed by atoms with Crippen LogP contribution in [0.2, 0.25) is 0 Å². The number of halogens is 3. The predicted molar refractivity (Wildman–Crippen MR) is 61.7 cm³/mol. The molecule has 0 N–H and O–H groups in total. The summed E-state index contributed by atoms with van der Waals surface area (Å²) in [5, 5.41) is 0. The topological polar surface area (TPSA) is 18.5 Å². The van der Waals surface area contributed by atoms with Crippen LogP contribution in [0.25, 0.3) is 0 Å². The second-order valence-electron chi connectivity index (χ2n) is 3.82. The first-order valence-corrected chi connectivity index (χ1v) is 5.39. The first-order chi connectivity index (χ1) is 7.95. The van der Waals surface area contributed by atoms with Gasteiger partial charge in [0.1, 0.15) is 0 Å². The van der Waals surface area contributed by atoms with E-state index in [1.165, 1.54) is 18.2 Å². The average molecular weight is 286 g/mol. The van der Waals surface area contributed by atoms with E-state index in [0.29, 0.717) is 13.0 Å². The Morgan fingerprint density at radius 2 is 1.83 bits per heavy atom. The van der Waals surface area contributed by atoms with Crippen molar-refractivity contribution in [2.24, 2.45) is 0 Å². The fourth-order valence-corrected chi connectivity index (χ4v) is 1.42. The smallest absolute Gasteiger partial charge is 0.494 e. The predicted octanol–water partition coefficient (Wildman–Crippen LogP) is -0.451. The minimum absolute atomic E-state index is 0. The summed E-state index contributed by atoms with van der Waals surface area (Å²) in [5.74, 6) is -0.108. The third kappa shape index (κ3) is 6.08. The maximum atomic E-state index is 12.7. The van der Waals surface area contributed by atoms with Gasteiger partial charge in [0.05, 0.1) is 11.9 Å². The number of hydrogen-bond donors (Lipinski definition) is 0. The van der Waals surface area contributed by atoms with E-state index in [4.69, 9.17) is 9.47 Å². The molecule has 0 saturated carbocycles. The van der Waals surface area contributed by atoms with Gasteiger partial charge in [-0.05, 0) is 13.0 Å². The van der Waals surface area contributed by atoms with Crippen LogP contribution < -0.4 is 61.6 Å². The Balaban J connectivity index is 0.00000289. The van der Waals surface area contributed by atoms with Crippen LogP contribution in [0.1, 0.15) is 13.3 Å². The molecule has 1 aromatic carbocycles. The molecule has 1 aromatic rings. The van der Waals surface area contributed by atoms with Crippen LogP contribution >= 0.6 is 0 Å². The fourth-order valence-electron chi connectivity index (χ4n) is 1.42. The summed E-state index contributed by atoms with van der Waals surface area (Å²) < 4.78 is 48.3. The third-order valence-corrected chi connectivity index (χ3v) is 2.33. The van der Waals surface area contributed by atoms with Crippen LogP contribution in [0.5, 0.6) is 5.75 Å². The summed E-state index contributed by atoms with van der Waals surface area (Å²) >= 11 is 0. The van der Waals surface area contributed by atoms with Crippen LogP contribution in [0.3, 0.4) is 0 Å². The Labute approximate surface area is 148 Å². The van der Waals surface area contributed by atoms with Crippen molar-refractivity contribution in [3.8, 4) is 5.75 Å². The summed E-state index contributed by atoms with van der Waals surface area (Å²) in [6, 6.07) is 5.27. The van der Waals surface area contributed by atoms with Gasteiger partial charge in [-0.3, -0.25) is 0 Å². The molecule has 0 aliphatic carbocycles. The van der Waals surface area contributed by atoms with Gasteiger partial charge in [-0.2, -0.15) is 0 Å². The van der Waals surface area contributed by atoms with Crippen LogP contribution in [-0.2, 0) is 4.74 Å². The number of methoxy groups -OCH3 is 1. The maximum absolute atomic E-state index is 12.7. The van der Waals surface area contributed by atoms with Crippen molar-refractivity contribution in [3.63, 3.8) is 0 Å². The van der Waals surface area contributed by atoms with E-state index >= 15 is 0 Å². The molecule has 96 valence electrons. The van der Waals surface area contributed by atoms with Crippen molar-refractivity contribution < 1.29 is 73.8 Å². The molecule has 0 aromatic heterocycles. The Hall–Kier alpha value is 0.471. The van der Waals surface area contributed by atoms with Gasteiger partial charge in [-0.15, -0.1) is 0 Å². The molecule has 0 spiro atoms. The third-order valence-electron chi connectivity index (χ3n) is 2.33. The van der Waals surface area contributed by atoms with Crippen LogP contribution in [0.15, 0.2) is 24.3 Å². The van der Waals surface area contributed by atoms with Crippen molar-refractivity contribution in [1.82, 2.24) is 0 Å². The second-order valence-corrected chi connectivity index (χ2v) is 3.82. The van der Waals surface area contributed by atoms with E-state index in [-0.39, 0.29) is 63.2 Å². The minimum Gasteiger partial charge on any atom is -0.494 e. The summed E-state index contributed by atoms with van der Waals surface area (Å²) in [4.78, 5) is 0. The largest absolute Gasteiger partial charge is 1.00 e. The Kier molecular flexibility index (Phi) is 8.83. The Morgan fingerprint density at radius 3 is 2.39 bits per heavy atom. The number of benzene rings is 1. The normalized spacial score (nSPS) is 12.7. The Morgan fingerprint density at radius 1 is 1.22 bits per heavy atom. The van der Waals surface area contributed by atoms with Gasteiger partial charge in [-0.1, -0.05) is 23.7 Å². The molecule has 0 aliphatic heterocycles. The van der Waals surface area contributed by atoms with Gasteiger partial charge in [0.15, 0.2) is 0 Å². The SMILES string of the molecule is COCCC(C)Oc1ccccc1[B-](F)(F)F.[K+]. The maximum Gasteiger partial charge on any atom is 1.00 e. The van der Waals surface area contributed by atoms with Crippen LogP contribution in [0.4, 0.5) is 12.9 Å². The van der Waals surface area contributed by atoms with E-state index in [1.54, 1.807) is 14.0 Å². The molecule has 0 amide bonds. The van der Waals surface area contributed by atoms with Gasteiger partial charge in [0, 0.05) is 20.1 Å². The van der Waals surface area contributed by atoms with E-state index < -0.39 is 12.4 Å².